The van der Waals surface area contributed by atoms with Crippen molar-refractivity contribution in [2.45, 2.75) is 6.42 Å². The van der Waals surface area contributed by atoms with Gasteiger partial charge in [-0.05, 0) is 18.6 Å². The molecular formula is C19H21N3O3S. The van der Waals surface area contributed by atoms with Crippen molar-refractivity contribution in [1.29, 1.82) is 0 Å². The van der Waals surface area contributed by atoms with Gasteiger partial charge in [-0.25, -0.2) is 4.98 Å². The Morgan fingerprint density at radius 1 is 1.38 bits per heavy atom. The number of fused-ring (bicyclic) bond motifs is 1. The fraction of sp³-hybridized carbons (Fsp3) is 0.368. The Hall–Kier alpha value is -2.38. The number of benzene rings is 1. The van der Waals surface area contributed by atoms with Crippen LogP contribution < -0.4 is 4.74 Å². The molecule has 3 aromatic rings. The summed E-state index contributed by atoms with van der Waals surface area (Å²) in [5.74, 6) is 1.27. The van der Waals surface area contributed by atoms with Gasteiger partial charge in [-0.2, -0.15) is 0 Å². The van der Waals surface area contributed by atoms with Crippen LogP contribution in [0.3, 0.4) is 0 Å². The molecule has 2 aromatic heterocycles. The fourth-order valence-corrected chi connectivity index (χ4v) is 4.26. The molecule has 0 aliphatic carbocycles. The lowest BCUT2D eigenvalue weighted by atomic mass is 10.1. The van der Waals surface area contributed by atoms with Crippen LogP contribution in [0.2, 0.25) is 0 Å². The zero-order chi connectivity index (χ0) is 18.1. The molecule has 4 rings (SSSR count). The number of ether oxygens (including phenoxy) is 2. The number of hydrogen-bond donors (Lipinski definition) is 0. The van der Waals surface area contributed by atoms with Crippen molar-refractivity contribution in [3.8, 4) is 17.0 Å². The predicted molar refractivity (Wildman–Crippen MR) is 101 cm³/mol. The van der Waals surface area contributed by atoms with E-state index >= 15 is 0 Å². The van der Waals surface area contributed by atoms with Crippen molar-refractivity contribution >= 4 is 22.2 Å². The molecule has 1 atom stereocenters. The van der Waals surface area contributed by atoms with Gasteiger partial charge >= 0.3 is 0 Å². The van der Waals surface area contributed by atoms with E-state index in [9.17, 15) is 4.79 Å². The summed E-state index contributed by atoms with van der Waals surface area (Å²) in [5.41, 5.74) is 2.48. The number of nitrogens with zero attached hydrogens (tertiary/aromatic N) is 3. The van der Waals surface area contributed by atoms with Crippen LogP contribution in [-0.4, -0.2) is 54.1 Å². The molecular weight excluding hydrogens is 350 g/mol. The number of thiazole rings is 1. The van der Waals surface area contributed by atoms with Gasteiger partial charge in [0.2, 0.25) is 0 Å². The first-order valence-corrected chi connectivity index (χ1v) is 9.47. The average Bonchev–Trinajstić information content (AvgIpc) is 3.37. The summed E-state index contributed by atoms with van der Waals surface area (Å²) < 4.78 is 12.4. The average molecular weight is 371 g/mol. The number of methoxy groups -OCH3 is 2. The Labute approximate surface area is 156 Å². The number of carbonyl (C=O) groups excluding carboxylic acids is 1. The number of rotatable bonds is 5. The lowest BCUT2D eigenvalue weighted by Crippen LogP contribution is -2.30. The monoisotopic (exact) mass is 371 g/mol. The third-order valence-electron chi connectivity index (χ3n) is 4.77. The highest BCUT2D eigenvalue weighted by atomic mass is 32.1. The van der Waals surface area contributed by atoms with Gasteiger partial charge in [0.15, 0.2) is 4.96 Å². The van der Waals surface area contributed by atoms with Gasteiger partial charge in [0.1, 0.15) is 11.4 Å². The molecule has 1 unspecified atom stereocenters. The summed E-state index contributed by atoms with van der Waals surface area (Å²) in [7, 11) is 3.35. The molecule has 0 radical (unpaired) electrons. The second kappa shape index (κ2) is 7.09. The highest BCUT2D eigenvalue weighted by Gasteiger charge is 2.28. The molecule has 0 saturated carbocycles. The Morgan fingerprint density at radius 3 is 3.08 bits per heavy atom. The van der Waals surface area contributed by atoms with E-state index in [0.717, 1.165) is 41.5 Å². The SMILES string of the molecule is COCC1CCN(C(=O)c2csc3nc(-c4cccc(OC)c4)cn23)C1. The molecule has 1 fully saturated rings. The van der Waals surface area contributed by atoms with Crippen molar-refractivity contribution in [3.05, 3.63) is 41.5 Å². The summed E-state index contributed by atoms with van der Waals surface area (Å²) in [5, 5.41) is 1.89. The van der Waals surface area contributed by atoms with E-state index < -0.39 is 0 Å². The van der Waals surface area contributed by atoms with Gasteiger partial charge in [0.05, 0.1) is 19.4 Å². The lowest BCUT2D eigenvalue weighted by Gasteiger charge is -2.15. The van der Waals surface area contributed by atoms with Gasteiger partial charge in [0, 0.05) is 43.3 Å². The second-order valence-corrected chi connectivity index (χ2v) is 7.33. The topological polar surface area (TPSA) is 56.1 Å². The predicted octanol–water partition coefficient (Wildman–Crippen LogP) is 3.18. The number of carbonyl (C=O) groups is 1. The minimum atomic E-state index is 0.0597. The van der Waals surface area contributed by atoms with Crippen LogP contribution in [0, 0.1) is 5.92 Å². The minimum absolute atomic E-state index is 0.0597. The lowest BCUT2D eigenvalue weighted by molar-refractivity contribution is 0.0769. The van der Waals surface area contributed by atoms with E-state index in [-0.39, 0.29) is 5.91 Å². The number of likely N-dealkylation sites (tertiary alicyclic amines) is 1. The molecule has 1 aliphatic rings. The molecule has 0 N–H and O–H groups in total. The van der Waals surface area contributed by atoms with E-state index in [1.165, 1.54) is 11.3 Å². The zero-order valence-electron chi connectivity index (χ0n) is 14.8. The van der Waals surface area contributed by atoms with Gasteiger partial charge in [-0.15, -0.1) is 11.3 Å². The van der Waals surface area contributed by atoms with Gasteiger partial charge in [-0.1, -0.05) is 12.1 Å². The van der Waals surface area contributed by atoms with Crippen molar-refractivity contribution in [2.24, 2.45) is 5.92 Å². The summed E-state index contributed by atoms with van der Waals surface area (Å²) >= 11 is 1.49. The van der Waals surface area contributed by atoms with Gasteiger partial charge in [0.25, 0.3) is 5.91 Å². The van der Waals surface area contributed by atoms with Crippen LogP contribution in [0.1, 0.15) is 16.9 Å². The van der Waals surface area contributed by atoms with Crippen molar-refractivity contribution in [1.82, 2.24) is 14.3 Å². The largest absolute Gasteiger partial charge is 0.497 e. The van der Waals surface area contributed by atoms with Crippen LogP contribution >= 0.6 is 11.3 Å². The molecule has 0 spiro atoms. The Morgan fingerprint density at radius 2 is 2.27 bits per heavy atom. The van der Waals surface area contributed by atoms with E-state index in [4.69, 9.17) is 9.47 Å². The quantitative estimate of drug-likeness (QED) is 0.691. The fourth-order valence-electron chi connectivity index (χ4n) is 3.41. The molecule has 26 heavy (non-hydrogen) atoms. The second-order valence-electron chi connectivity index (χ2n) is 6.49. The van der Waals surface area contributed by atoms with Gasteiger partial charge in [-0.3, -0.25) is 9.20 Å². The molecule has 1 aliphatic heterocycles. The molecule has 7 heteroatoms. The minimum Gasteiger partial charge on any atom is -0.497 e. The normalized spacial score (nSPS) is 17.2. The Balaban J connectivity index is 1.61. The maximum Gasteiger partial charge on any atom is 0.271 e. The van der Waals surface area contributed by atoms with Crippen molar-refractivity contribution < 1.29 is 14.3 Å². The van der Waals surface area contributed by atoms with E-state index in [2.05, 4.69) is 4.98 Å². The summed E-state index contributed by atoms with van der Waals surface area (Å²) in [4.78, 5) is 20.3. The van der Waals surface area contributed by atoms with Gasteiger partial charge < -0.3 is 14.4 Å². The van der Waals surface area contributed by atoms with E-state index in [1.807, 2.05) is 45.1 Å². The summed E-state index contributed by atoms with van der Waals surface area (Å²) in [6.07, 6.45) is 2.92. The third kappa shape index (κ3) is 3.08. The molecule has 1 aromatic carbocycles. The zero-order valence-corrected chi connectivity index (χ0v) is 15.7. The molecule has 6 nitrogen and oxygen atoms in total. The number of aromatic nitrogens is 2. The maximum atomic E-state index is 12.9. The van der Waals surface area contributed by atoms with Crippen LogP contribution in [0.5, 0.6) is 5.75 Å². The highest BCUT2D eigenvalue weighted by molar-refractivity contribution is 7.15. The van der Waals surface area contributed by atoms with Crippen LogP contribution in [0.15, 0.2) is 35.8 Å². The maximum absolute atomic E-state index is 12.9. The third-order valence-corrected chi connectivity index (χ3v) is 5.61. The van der Waals surface area contributed by atoms with E-state index in [0.29, 0.717) is 18.2 Å². The Bertz CT molecular complexity index is 933. The van der Waals surface area contributed by atoms with Crippen molar-refractivity contribution in [2.75, 3.05) is 33.9 Å². The van der Waals surface area contributed by atoms with Crippen LogP contribution in [0.4, 0.5) is 0 Å². The molecule has 3 heterocycles. The molecule has 1 saturated heterocycles. The first-order valence-electron chi connectivity index (χ1n) is 8.59. The first-order chi connectivity index (χ1) is 12.7. The number of imidazole rings is 1. The Kier molecular flexibility index (Phi) is 4.65. The smallest absolute Gasteiger partial charge is 0.271 e. The summed E-state index contributed by atoms with van der Waals surface area (Å²) in [6.45, 7) is 2.23. The highest BCUT2D eigenvalue weighted by Crippen LogP contribution is 2.27. The molecule has 136 valence electrons. The standard InChI is InChI=1S/C19H21N3O3S/c1-24-11-13-6-7-21(9-13)18(23)17-12-26-19-20-16(10-22(17)19)14-4-3-5-15(8-14)25-2/h3-5,8,10,12-13H,6-7,9,11H2,1-2H3. The summed E-state index contributed by atoms with van der Waals surface area (Å²) in [6, 6.07) is 7.78. The number of hydrogen-bond acceptors (Lipinski definition) is 5. The van der Waals surface area contributed by atoms with Crippen molar-refractivity contribution in [3.63, 3.8) is 0 Å². The van der Waals surface area contributed by atoms with Crippen LogP contribution in [0.25, 0.3) is 16.2 Å². The van der Waals surface area contributed by atoms with Crippen LogP contribution in [-0.2, 0) is 4.74 Å². The molecule has 0 bridgehead atoms. The number of amides is 1. The van der Waals surface area contributed by atoms with E-state index in [1.54, 1.807) is 14.2 Å². The first kappa shape index (κ1) is 17.1. The molecule has 1 amide bonds.